The van der Waals surface area contributed by atoms with Gasteiger partial charge in [-0.2, -0.15) is 5.10 Å². The van der Waals surface area contributed by atoms with E-state index in [1.165, 1.54) is 31.5 Å². The summed E-state index contributed by atoms with van der Waals surface area (Å²) in [6, 6.07) is 0. The molecule has 0 radical (unpaired) electrons. The maximum atomic E-state index is 12.8. The predicted octanol–water partition coefficient (Wildman–Crippen LogP) is 1.51. The number of halogens is 1. The third-order valence-electron chi connectivity index (χ3n) is 4.64. The molecule has 0 aliphatic heterocycles. The normalized spacial score (nSPS) is 11.4. The zero-order valence-electron chi connectivity index (χ0n) is 15.9. The third kappa shape index (κ3) is 3.28. The number of allylic oxidation sites excluding steroid dienone is 1. The Hall–Kier alpha value is -2.75. The lowest BCUT2D eigenvalue weighted by Gasteiger charge is -2.10. The molecule has 0 aromatic carbocycles. The molecule has 10 heteroatoms. The van der Waals surface area contributed by atoms with Crippen molar-refractivity contribution in [3.05, 3.63) is 60.7 Å². The largest absolute Gasteiger partial charge is 0.346 e. The molecule has 3 heterocycles. The summed E-state index contributed by atoms with van der Waals surface area (Å²) in [4.78, 5) is 39.2. The minimum absolute atomic E-state index is 0.189. The van der Waals surface area contributed by atoms with Gasteiger partial charge in [-0.05, 0) is 25.8 Å². The average molecular weight is 407 g/mol. The van der Waals surface area contributed by atoms with Crippen LogP contribution in [-0.2, 0) is 26.2 Å². The van der Waals surface area contributed by atoms with Crippen molar-refractivity contribution in [3.8, 4) is 0 Å². The van der Waals surface area contributed by atoms with Crippen LogP contribution in [0.2, 0.25) is 0 Å². The summed E-state index contributed by atoms with van der Waals surface area (Å²) in [6.07, 6.45) is 3.23. The number of thiophene rings is 1. The molecule has 8 nitrogen and oxygen atoms in total. The summed E-state index contributed by atoms with van der Waals surface area (Å²) in [5.74, 6) is 0. The maximum absolute atomic E-state index is 12.8. The predicted molar refractivity (Wildman–Crippen MR) is 107 cm³/mol. The van der Waals surface area contributed by atoms with Crippen LogP contribution in [0.15, 0.2) is 33.4 Å². The van der Waals surface area contributed by atoms with Crippen molar-refractivity contribution in [2.75, 3.05) is 6.67 Å². The summed E-state index contributed by atoms with van der Waals surface area (Å²) in [5, 5.41) is 4.55. The average Bonchev–Trinajstić information content (AvgIpc) is 3.17. The highest BCUT2D eigenvalue weighted by Gasteiger charge is 2.20. The molecule has 0 saturated heterocycles. The van der Waals surface area contributed by atoms with Gasteiger partial charge in [0.25, 0.3) is 5.56 Å². The molecule has 0 unspecified atom stereocenters. The highest BCUT2D eigenvalue weighted by Crippen LogP contribution is 2.28. The lowest BCUT2D eigenvalue weighted by atomic mass is 10.2. The fourth-order valence-electron chi connectivity index (χ4n) is 3.17. The van der Waals surface area contributed by atoms with Gasteiger partial charge in [0.05, 0.1) is 18.6 Å². The fraction of sp³-hybridized carbons (Fsp3) is 0.444. The monoisotopic (exact) mass is 407 g/mol. The van der Waals surface area contributed by atoms with Crippen LogP contribution in [0.3, 0.4) is 0 Å². The molecule has 150 valence electrons. The first-order valence-electron chi connectivity index (χ1n) is 8.99. The molecule has 0 bridgehead atoms. The number of rotatable bonds is 8. The summed E-state index contributed by atoms with van der Waals surface area (Å²) in [7, 11) is 0. The molecule has 0 aliphatic rings. The lowest BCUT2D eigenvalue weighted by molar-refractivity contribution is 0.441. The number of alkyl halides is 1. The second-order valence-corrected chi connectivity index (χ2v) is 7.45. The molecular formula is C18H22FN5O3S. The Morgan fingerprint density at radius 2 is 2.00 bits per heavy atom. The van der Waals surface area contributed by atoms with Crippen molar-refractivity contribution in [2.45, 2.75) is 46.4 Å². The van der Waals surface area contributed by atoms with E-state index in [2.05, 4.69) is 11.7 Å². The second kappa shape index (κ2) is 8.09. The van der Waals surface area contributed by atoms with Crippen LogP contribution < -0.4 is 16.9 Å². The van der Waals surface area contributed by atoms with Gasteiger partial charge in [-0.3, -0.25) is 22.9 Å². The van der Waals surface area contributed by atoms with Crippen LogP contribution in [0.4, 0.5) is 4.39 Å². The first-order valence-corrected chi connectivity index (χ1v) is 9.80. The molecule has 0 amide bonds. The summed E-state index contributed by atoms with van der Waals surface area (Å²) >= 11 is 1.27. The Balaban J connectivity index is 2.18. The molecule has 3 rings (SSSR count). The topological polar surface area (TPSA) is 83.8 Å². The maximum Gasteiger partial charge on any atom is 0.346 e. The molecular weight excluding hydrogens is 385 g/mol. The van der Waals surface area contributed by atoms with E-state index in [-0.39, 0.29) is 37.3 Å². The molecule has 3 aromatic rings. The highest BCUT2D eigenvalue weighted by atomic mass is 32.1. The van der Waals surface area contributed by atoms with Crippen molar-refractivity contribution in [1.29, 1.82) is 0 Å². The molecule has 0 fully saturated rings. The number of aromatic nitrogens is 5. The third-order valence-corrected chi connectivity index (χ3v) is 5.94. The minimum Gasteiger partial charge on any atom is -0.284 e. The van der Waals surface area contributed by atoms with E-state index in [0.717, 1.165) is 9.44 Å². The van der Waals surface area contributed by atoms with E-state index in [0.29, 0.717) is 22.3 Å². The van der Waals surface area contributed by atoms with Crippen molar-refractivity contribution < 1.29 is 4.39 Å². The van der Waals surface area contributed by atoms with Gasteiger partial charge < -0.3 is 0 Å². The van der Waals surface area contributed by atoms with Crippen LogP contribution in [-0.4, -0.2) is 30.2 Å². The van der Waals surface area contributed by atoms with Crippen molar-refractivity contribution >= 4 is 21.6 Å². The smallest absolute Gasteiger partial charge is 0.284 e. The minimum atomic E-state index is -0.549. The number of hydrogen-bond acceptors (Lipinski definition) is 5. The summed E-state index contributed by atoms with van der Waals surface area (Å²) < 4.78 is 18.1. The van der Waals surface area contributed by atoms with Gasteiger partial charge in [-0.15, -0.1) is 17.9 Å². The van der Waals surface area contributed by atoms with E-state index in [9.17, 15) is 18.8 Å². The first-order chi connectivity index (χ1) is 13.4. The van der Waals surface area contributed by atoms with Gasteiger partial charge >= 0.3 is 11.4 Å². The second-order valence-electron chi connectivity index (χ2n) is 6.37. The van der Waals surface area contributed by atoms with E-state index < -0.39 is 12.4 Å². The Morgan fingerprint density at radius 3 is 2.64 bits per heavy atom. The Kier molecular flexibility index (Phi) is 5.78. The van der Waals surface area contributed by atoms with Crippen molar-refractivity contribution in [2.24, 2.45) is 0 Å². The Labute approximate surface area is 163 Å². The molecule has 0 spiro atoms. The molecule has 0 N–H and O–H groups in total. The standard InChI is InChI=1S/C18H22FN5O3S/c1-4-8-21-11-20-24(17(21)26)10-13-12(3)14-15(25)22(5-2)18(27)23(9-6-7-19)16(14)28-13/h4,11H,1,5-10H2,2-3H3. The van der Waals surface area contributed by atoms with Gasteiger partial charge in [-0.1, -0.05) is 6.08 Å². The van der Waals surface area contributed by atoms with Gasteiger partial charge in [-0.25, -0.2) is 14.3 Å². The first kappa shape index (κ1) is 20.0. The Bertz CT molecular complexity index is 1200. The molecule has 0 saturated carbocycles. The van der Waals surface area contributed by atoms with E-state index in [1.807, 2.05) is 0 Å². The van der Waals surface area contributed by atoms with Crippen molar-refractivity contribution in [1.82, 2.24) is 23.5 Å². The number of fused-ring (bicyclic) bond motifs is 1. The number of hydrogen-bond donors (Lipinski definition) is 0. The van der Waals surface area contributed by atoms with E-state index in [4.69, 9.17) is 0 Å². The van der Waals surface area contributed by atoms with Crippen LogP contribution in [0.1, 0.15) is 23.8 Å². The number of nitrogens with zero attached hydrogens (tertiary/aromatic N) is 5. The SMILES string of the molecule is C=CCn1cnn(Cc2sc3c(c2C)c(=O)n(CC)c(=O)n3CCCF)c1=O. The zero-order valence-corrected chi connectivity index (χ0v) is 16.7. The molecule has 0 atom stereocenters. The Morgan fingerprint density at radius 1 is 1.25 bits per heavy atom. The lowest BCUT2D eigenvalue weighted by Crippen LogP contribution is -2.39. The van der Waals surface area contributed by atoms with Gasteiger partial charge in [0.2, 0.25) is 0 Å². The summed E-state index contributed by atoms with van der Waals surface area (Å²) in [6.45, 7) is 7.56. The van der Waals surface area contributed by atoms with Crippen LogP contribution in [0, 0.1) is 6.92 Å². The van der Waals surface area contributed by atoms with Gasteiger partial charge in [0.1, 0.15) is 11.2 Å². The quantitative estimate of drug-likeness (QED) is 0.530. The molecule has 3 aromatic heterocycles. The highest BCUT2D eigenvalue weighted by molar-refractivity contribution is 7.18. The van der Waals surface area contributed by atoms with E-state index in [1.54, 1.807) is 19.9 Å². The van der Waals surface area contributed by atoms with Crippen molar-refractivity contribution in [3.63, 3.8) is 0 Å². The fourth-order valence-corrected chi connectivity index (χ4v) is 4.46. The van der Waals surface area contributed by atoms with Crippen LogP contribution in [0.25, 0.3) is 10.2 Å². The molecule has 0 aliphatic carbocycles. The summed E-state index contributed by atoms with van der Waals surface area (Å²) in [5.41, 5.74) is -0.360. The van der Waals surface area contributed by atoms with Gasteiger partial charge in [0, 0.05) is 24.5 Å². The van der Waals surface area contributed by atoms with E-state index >= 15 is 0 Å². The zero-order chi connectivity index (χ0) is 20.4. The van der Waals surface area contributed by atoms with Crippen LogP contribution >= 0.6 is 11.3 Å². The number of aryl methyl sites for hydroxylation is 2. The molecule has 28 heavy (non-hydrogen) atoms. The van der Waals surface area contributed by atoms with Gasteiger partial charge in [0.15, 0.2) is 0 Å². The van der Waals surface area contributed by atoms with Crippen LogP contribution in [0.5, 0.6) is 0 Å².